The molecule has 0 aliphatic rings. The van der Waals surface area contributed by atoms with Gasteiger partial charge in [0.25, 0.3) is 5.91 Å². The molecule has 0 spiro atoms. The lowest BCUT2D eigenvalue weighted by Gasteiger charge is -2.08. The van der Waals surface area contributed by atoms with Gasteiger partial charge in [-0.3, -0.25) is 15.6 Å². The number of nitrogen functional groups attached to an aromatic ring is 1. The molecule has 0 fully saturated rings. The van der Waals surface area contributed by atoms with Crippen LogP contribution in [0.1, 0.15) is 21.6 Å². The Morgan fingerprint density at radius 1 is 1.11 bits per heavy atom. The summed E-state index contributed by atoms with van der Waals surface area (Å²) in [6.45, 7) is 3.97. The molecule has 2 rings (SSSR count). The molecule has 0 unspecified atom stereocenters. The van der Waals surface area contributed by atoms with Crippen molar-refractivity contribution >= 4 is 17.3 Å². The second kappa shape index (κ2) is 5.49. The average molecular weight is 256 g/mol. The molecule has 4 N–H and O–H groups in total. The van der Waals surface area contributed by atoms with Crippen LogP contribution in [0.5, 0.6) is 0 Å². The maximum Gasteiger partial charge on any atom is 0.274 e. The van der Waals surface area contributed by atoms with Crippen LogP contribution in [0.15, 0.2) is 36.5 Å². The molecule has 2 aromatic rings. The normalized spacial score (nSPS) is 10.1. The van der Waals surface area contributed by atoms with Crippen LogP contribution in [0.4, 0.5) is 11.4 Å². The third-order valence-electron chi connectivity index (χ3n) is 2.64. The number of rotatable bonds is 3. The highest BCUT2D eigenvalue weighted by Crippen LogP contribution is 2.15. The van der Waals surface area contributed by atoms with E-state index in [4.69, 9.17) is 5.84 Å². The lowest BCUT2D eigenvalue weighted by Crippen LogP contribution is -2.15. The van der Waals surface area contributed by atoms with Crippen molar-refractivity contribution in [2.24, 2.45) is 5.84 Å². The molecule has 5 heteroatoms. The number of benzene rings is 1. The summed E-state index contributed by atoms with van der Waals surface area (Å²) < 4.78 is 0. The zero-order valence-corrected chi connectivity index (χ0v) is 10.9. The molecule has 5 nitrogen and oxygen atoms in total. The molecular weight excluding hydrogens is 240 g/mol. The molecule has 1 heterocycles. The van der Waals surface area contributed by atoms with Gasteiger partial charge < -0.3 is 10.7 Å². The Labute approximate surface area is 111 Å². The van der Waals surface area contributed by atoms with Crippen LogP contribution >= 0.6 is 0 Å². The predicted molar refractivity (Wildman–Crippen MR) is 75.9 cm³/mol. The summed E-state index contributed by atoms with van der Waals surface area (Å²) in [7, 11) is 0. The van der Waals surface area contributed by atoms with Gasteiger partial charge in [0.1, 0.15) is 5.69 Å². The second-order valence-electron chi connectivity index (χ2n) is 4.40. The Morgan fingerprint density at radius 2 is 1.79 bits per heavy atom. The summed E-state index contributed by atoms with van der Waals surface area (Å²) in [5, 5.41) is 2.82. The smallest absolute Gasteiger partial charge is 0.274 e. The number of aryl methyl sites for hydroxylation is 2. The molecule has 0 radical (unpaired) electrons. The van der Waals surface area contributed by atoms with E-state index in [0.29, 0.717) is 11.4 Å². The highest BCUT2D eigenvalue weighted by Gasteiger charge is 2.08. The van der Waals surface area contributed by atoms with Gasteiger partial charge in [0.15, 0.2) is 0 Å². The van der Waals surface area contributed by atoms with Crippen LogP contribution in [0, 0.1) is 13.8 Å². The minimum absolute atomic E-state index is 0.262. The first-order valence-corrected chi connectivity index (χ1v) is 5.91. The fourth-order valence-corrected chi connectivity index (χ4v) is 1.89. The van der Waals surface area contributed by atoms with Gasteiger partial charge in [0.2, 0.25) is 0 Å². The van der Waals surface area contributed by atoms with E-state index < -0.39 is 0 Å². The number of nitrogens with one attached hydrogen (secondary N) is 2. The van der Waals surface area contributed by atoms with E-state index in [9.17, 15) is 4.79 Å². The Balaban J connectivity index is 2.20. The lowest BCUT2D eigenvalue weighted by atomic mass is 10.1. The van der Waals surface area contributed by atoms with Crippen LogP contribution in [-0.2, 0) is 0 Å². The van der Waals surface area contributed by atoms with E-state index in [-0.39, 0.29) is 5.91 Å². The summed E-state index contributed by atoms with van der Waals surface area (Å²) in [5.41, 5.74) is 6.39. The van der Waals surface area contributed by atoms with Crippen LogP contribution in [0.2, 0.25) is 0 Å². The van der Waals surface area contributed by atoms with Crippen molar-refractivity contribution in [3.05, 3.63) is 53.3 Å². The maximum atomic E-state index is 12.1. The number of amides is 1. The van der Waals surface area contributed by atoms with E-state index in [1.54, 1.807) is 12.1 Å². The number of anilines is 2. The second-order valence-corrected chi connectivity index (χ2v) is 4.40. The zero-order chi connectivity index (χ0) is 13.8. The van der Waals surface area contributed by atoms with Gasteiger partial charge in [-0.1, -0.05) is 6.07 Å². The standard InChI is InChI=1S/C14H16N4O/c1-9-5-10(2)7-12(6-9)17-14(19)13-8-11(18-15)3-4-16-13/h3-8H,15H2,1-2H3,(H,16,18)(H,17,19). The molecule has 0 saturated carbocycles. The van der Waals surface area contributed by atoms with E-state index in [0.717, 1.165) is 16.8 Å². The fraction of sp³-hybridized carbons (Fsp3) is 0.143. The highest BCUT2D eigenvalue weighted by molar-refractivity contribution is 6.03. The molecular formula is C14H16N4O. The van der Waals surface area contributed by atoms with Crippen molar-refractivity contribution in [3.8, 4) is 0 Å². The number of carbonyl (C=O) groups excluding carboxylic acids is 1. The van der Waals surface area contributed by atoms with Gasteiger partial charge in [0.05, 0.1) is 5.69 Å². The molecule has 1 aromatic heterocycles. The molecule has 1 amide bonds. The van der Waals surface area contributed by atoms with Crippen LogP contribution < -0.4 is 16.6 Å². The van der Waals surface area contributed by atoms with Crippen molar-refractivity contribution < 1.29 is 4.79 Å². The first kappa shape index (κ1) is 13.0. The molecule has 0 aliphatic heterocycles. The van der Waals surface area contributed by atoms with Gasteiger partial charge >= 0.3 is 0 Å². The number of carbonyl (C=O) groups is 1. The number of hydrogen-bond acceptors (Lipinski definition) is 4. The topological polar surface area (TPSA) is 80.0 Å². The third kappa shape index (κ3) is 3.29. The van der Waals surface area contributed by atoms with E-state index in [2.05, 4.69) is 15.7 Å². The van der Waals surface area contributed by atoms with Crippen molar-refractivity contribution in [3.63, 3.8) is 0 Å². The van der Waals surface area contributed by atoms with Crippen molar-refractivity contribution in [1.29, 1.82) is 0 Å². The van der Waals surface area contributed by atoms with Crippen molar-refractivity contribution in [2.75, 3.05) is 10.7 Å². The monoisotopic (exact) mass is 256 g/mol. The Hall–Kier alpha value is -2.40. The van der Waals surface area contributed by atoms with Crippen LogP contribution in [-0.4, -0.2) is 10.9 Å². The first-order valence-electron chi connectivity index (χ1n) is 5.91. The van der Waals surface area contributed by atoms with Crippen molar-refractivity contribution in [1.82, 2.24) is 4.98 Å². The number of nitrogens with zero attached hydrogens (tertiary/aromatic N) is 1. The minimum atomic E-state index is -0.262. The van der Waals surface area contributed by atoms with Gasteiger partial charge in [-0.25, -0.2) is 0 Å². The maximum absolute atomic E-state index is 12.1. The number of pyridine rings is 1. The molecule has 0 saturated heterocycles. The van der Waals surface area contributed by atoms with Gasteiger partial charge in [-0.15, -0.1) is 0 Å². The van der Waals surface area contributed by atoms with Crippen LogP contribution in [0.25, 0.3) is 0 Å². The zero-order valence-electron chi connectivity index (χ0n) is 10.9. The number of aromatic nitrogens is 1. The molecule has 98 valence electrons. The SMILES string of the molecule is Cc1cc(C)cc(NC(=O)c2cc(NN)ccn2)c1. The fourth-order valence-electron chi connectivity index (χ4n) is 1.89. The summed E-state index contributed by atoms with van der Waals surface area (Å²) in [6, 6.07) is 9.16. The molecule has 0 aliphatic carbocycles. The van der Waals surface area contributed by atoms with Gasteiger partial charge in [0, 0.05) is 11.9 Å². The van der Waals surface area contributed by atoms with Gasteiger partial charge in [-0.05, 0) is 49.2 Å². The number of hydrogen-bond donors (Lipinski definition) is 3. The summed E-state index contributed by atoms with van der Waals surface area (Å²) >= 11 is 0. The van der Waals surface area contributed by atoms with Crippen LogP contribution in [0.3, 0.4) is 0 Å². The first-order chi connectivity index (χ1) is 9.08. The molecule has 19 heavy (non-hydrogen) atoms. The van der Waals surface area contributed by atoms with Crippen molar-refractivity contribution in [2.45, 2.75) is 13.8 Å². The summed E-state index contributed by atoms with van der Waals surface area (Å²) in [5.74, 6) is 5.04. The summed E-state index contributed by atoms with van der Waals surface area (Å²) in [6.07, 6.45) is 1.53. The average Bonchev–Trinajstić information content (AvgIpc) is 2.37. The largest absolute Gasteiger partial charge is 0.324 e. The quantitative estimate of drug-likeness (QED) is 0.581. The molecule has 1 aromatic carbocycles. The Kier molecular flexibility index (Phi) is 3.77. The predicted octanol–water partition coefficient (Wildman–Crippen LogP) is 2.24. The Bertz CT molecular complexity index is 590. The Morgan fingerprint density at radius 3 is 2.42 bits per heavy atom. The molecule has 0 atom stereocenters. The van der Waals surface area contributed by atoms with Gasteiger partial charge in [-0.2, -0.15) is 0 Å². The minimum Gasteiger partial charge on any atom is -0.324 e. The third-order valence-corrected chi connectivity index (χ3v) is 2.64. The van der Waals surface area contributed by atoms with E-state index in [1.165, 1.54) is 6.20 Å². The highest BCUT2D eigenvalue weighted by atomic mass is 16.1. The van der Waals surface area contributed by atoms with E-state index in [1.807, 2.05) is 32.0 Å². The summed E-state index contributed by atoms with van der Waals surface area (Å²) in [4.78, 5) is 16.1. The van der Waals surface area contributed by atoms with E-state index >= 15 is 0 Å². The molecule has 0 bridgehead atoms. The number of hydrazine groups is 1. The lowest BCUT2D eigenvalue weighted by molar-refractivity contribution is 0.102. The number of nitrogens with two attached hydrogens (primary N) is 1.